The second kappa shape index (κ2) is 6.49. The lowest BCUT2D eigenvalue weighted by atomic mass is 10.1. The first-order valence-corrected chi connectivity index (χ1v) is 8.46. The monoisotopic (exact) mass is 353 g/mol. The fourth-order valence-electron chi connectivity index (χ4n) is 2.54. The van der Waals surface area contributed by atoms with Crippen molar-refractivity contribution in [3.8, 4) is 5.75 Å². The Morgan fingerprint density at radius 3 is 2.84 bits per heavy atom. The lowest BCUT2D eigenvalue weighted by Crippen LogP contribution is -2.05. The molecule has 0 aliphatic carbocycles. The zero-order valence-corrected chi connectivity index (χ0v) is 13.8. The summed E-state index contributed by atoms with van der Waals surface area (Å²) in [6, 6.07) is 15.1. The maximum absolute atomic E-state index is 13.8. The van der Waals surface area contributed by atoms with Gasteiger partial charge in [-0.2, -0.15) is 0 Å². The second-order valence-corrected chi connectivity index (χ2v) is 6.37. The Labute approximate surface area is 146 Å². The molecule has 124 valence electrons. The average Bonchev–Trinajstić information content (AvgIpc) is 3.27. The Balaban J connectivity index is 1.59. The van der Waals surface area contributed by atoms with Crippen LogP contribution in [0.1, 0.15) is 20.9 Å². The molecule has 6 heteroatoms. The second-order valence-electron chi connectivity index (χ2n) is 5.42. The van der Waals surface area contributed by atoms with Crippen molar-refractivity contribution in [1.82, 2.24) is 5.16 Å². The van der Waals surface area contributed by atoms with Crippen LogP contribution >= 0.6 is 11.3 Å². The Morgan fingerprint density at radius 2 is 2.04 bits per heavy atom. The number of carbonyl (C=O) groups is 1. The number of hydrogen-bond donors (Lipinski definition) is 0. The number of thiophene rings is 1. The third-order valence-corrected chi connectivity index (χ3v) is 4.62. The summed E-state index contributed by atoms with van der Waals surface area (Å²) in [5.74, 6) is -0.319. The number of esters is 1. The van der Waals surface area contributed by atoms with E-state index in [1.54, 1.807) is 48.5 Å². The fraction of sp³-hybridized carbons (Fsp3) is 0.0526. The molecule has 0 bridgehead atoms. The first-order chi connectivity index (χ1) is 12.2. The third kappa shape index (κ3) is 3.16. The van der Waals surface area contributed by atoms with E-state index in [2.05, 4.69) is 5.16 Å². The van der Waals surface area contributed by atoms with Crippen LogP contribution in [-0.2, 0) is 6.42 Å². The van der Waals surface area contributed by atoms with Crippen molar-refractivity contribution in [1.29, 1.82) is 0 Å². The molecule has 4 rings (SSSR count). The van der Waals surface area contributed by atoms with Gasteiger partial charge >= 0.3 is 5.97 Å². The van der Waals surface area contributed by atoms with Gasteiger partial charge in [0.2, 0.25) is 0 Å². The molecule has 2 heterocycles. The zero-order chi connectivity index (χ0) is 17.2. The first kappa shape index (κ1) is 15.5. The molecule has 0 radical (unpaired) electrons. The van der Waals surface area contributed by atoms with E-state index in [0.717, 1.165) is 5.39 Å². The van der Waals surface area contributed by atoms with E-state index in [9.17, 15) is 9.18 Å². The molecule has 2 aromatic heterocycles. The Morgan fingerprint density at radius 1 is 1.16 bits per heavy atom. The Bertz CT molecular complexity index is 1040. The number of aromatic nitrogens is 1. The Kier molecular flexibility index (Phi) is 4.03. The fourth-order valence-corrected chi connectivity index (χ4v) is 3.13. The van der Waals surface area contributed by atoms with E-state index in [1.165, 1.54) is 17.4 Å². The van der Waals surface area contributed by atoms with E-state index < -0.39 is 5.97 Å². The number of carbonyl (C=O) groups excluding carboxylic acids is 1. The van der Waals surface area contributed by atoms with Crippen LogP contribution in [0.2, 0.25) is 0 Å². The highest BCUT2D eigenvalue weighted by Gasteiger charge is 2.14. The van der Waals surface area contributed by atoms with Gasteiger partial charge < -0.3 is 9.26 Å². The average molecular weight is 353 g/mol. The smallest absolute Gasteiger partial charge is 0.353 e. The van der Waals surface area contributed by atoms with Gasteiger partial charge in [0, 0.05) is 17.9 Å². The quantitative estimate of drug-likeness (QED) is 0.389. The van der Waals surface area contributed by atoms with Gasteiger partial charge in [-0.25, -0.2) is 9.18 Å². The van der Waals surface area contributed by atoms with Gasteiger partial charge in [-0.1, -0.05) is 29.4 Å². The van der Waals surface area contributed by atoms with Crippen LogP contribution in [0, 0.1) is 5.82 Å². The van der Waals surface area contributed by atoms with Crippen LogP contribution < -0.4 is 4.74 Å². The van der Waals surface area contributed by atoms with E-state index >= 15 is 0 Å². The van der Waals surface area contributed by atoms with Crippen molar-refractivity contribution < 1.29 is 18.4 Å². The molecule has 0 atom stereocenters. The van der Waals surface area contributed by atoms with Crippen LogP contribution in [0.3, 0.4) is 0 Å². The van der Waals surface area contributed by atoms with Crippen LogP contribution in [0.15, 0.2) is 64.5 Å². The lowest BCUT2D eigenvalue weighted by Gasteiger charge is -2.02. The van der Waals surface area contributed by atoms with Gasteiger partial charge in [0.25, 0.3) is 0 Å². The van der Waals surface area contributed by atoms with Gasteiger partial charge in [0.1, 0.15) is 16.4 Å². The molecule has 0 saturated heterocycles. The van der Waals surface area contributed by atoms with Gasteiger partial charge in [-0.15, -0.1) is 11.3 Å². The molecule has 0 N–H and O–H groups in total. The number of ether oxygens (including phenoxy) is 1. The van der Waals surface area contributed by atoms with E-state index in [4.69, 9.17) is 9.26 Å². The van der Waals surface area contributed by atoms with Crippen molar-refractivity contribution in [2.45, 2.75) is 6.42 Å². The highest BCUT2D eigenvalue weighted by atomic mass is 32.1. The van der Waals surface area contributed by atoms with Gasteiger partial charge in [-0.3, -0.25) is 0 Å². The molecule has 4 aromatic rings. The molecule has 0 spiro atoms. The zero-order valence-electron chi connectivity index (χ0n) is 12.9. The number of fused-ring (bicyclic) bond motifs is 1. The number of halogens is 1. The Hall–Kier alpha value is -2.99. The highest BCUT2D eigenvalue weighted by Crippen LogP contribution is 2.26. The van der Waals surface area contributed by atoms with Crippen molar-refractivity contribution in [2.75, 3.05) is 0 Å². The summed E-state index contributed by atoms with van der Waals surface area (Å²) in [5, 5.41) is 6.60. The summed E-state index contributed by atoms with van der Waals surface area (Å²) in [6.07, 6.45) is 0.327. The SMILES string of the molecule is O=C(Oc1ccc2c(Cc3ccccc3F)noc2c1)c1cccs1. The topological polar surface area (TPSA) is 52.3 Å². The van der Waals surface area contributed by atoms with E-state index in [0.29, 0.717) is 33.9 Å². The predicted molar refractivity (Wildman–Crippen MR) is 92.5 cm³/mol. The van der Waals surface area contributed by atoms with Crippen molar-refractivity contribution in [2.24, 2.45) is 0 Å². The minimum absolute atomic E-state index is 0.278. The molecular weight excluding hydrogens is 341 g/mol. The van der Waals surface area contributed by atoms with Crippen LogP contribution in [0.25, 0.3) is 11.0 Å². The molecule has 0 aliphatic rings. The summed E-state index contributed by atoms with van der Waals surface area (Å²) in [4.78, 5) is 12.5. The van der Waals surface area contributed by atoms with Crippen LogP contribution in [0.4, 0.5) is 4.39 Å². The molecule has 0 unspecified atom stereocenters. The van der Waals surface area contributed by atoms with Crippen molar-refractivity contribution in [3.63, 3.8) is 0 Å². The maximum Gasteiger partial charge on any atom is 0.353 e. The highest BCUT2D eigenvalue weighted by molar-refractivity contribution is 7.12. The summed E-state index contributed by atoms with van der Waals surface area (Å²) in [5.41, 5.74) is 1.67. The minimum atomic E-state index is -0.416. The molecule has 0 fully saturated rings. The van der Waals surface area contributed by atoms with Gasteiger partial charge in [0.15, 0.2) is 5.58 Å². The maximum atomic E-state index is 13.8. The molecule has 0 aliphatic heterocycles. The summed E-state index contributed by atoms with van der Waals surface area (Å²) >= 11 is 1.31. The lowest BCUT2D eigenvalue weighted by molar-refractivity contribution is 0.0740. The molecule has 0 amide bonds. The summed E-state index contributed by atoms with van der Waals surface area (Å²) in [6.45, 7) is 0. The third-order valence-electron chi connectivity index (χ3n) is 3.77. The number of benzene rings is 2. The number of hydrogen-bond acceptors (Lipinski definition) is 5. The van der Waals surface area contributed by atoms with Gasteiger partial charge in [0.05, 0.1) is 5.69 Å². The van der Waals surface area contributed by atoms with Crippen molar-refractivity contribution >= 4 is 28.3 Å². The van der Waals surface area contributed by atoms with Crippen LogP contribution in [0.5, 0.6) is 5.75 Å². The van der Waals surface area contributed by atoms with Crippen molar-refractivity contribution in [3.05, 3.63) is 81.9 Å². The molecule has 2 aromatic carbocycles. The normalized spacial score (nSPS) is 10.9. The molecular formula is C19H12FNO3S. The summed E-state index contributed by atoms with van der Waals surface area (Å²) < 4.78 is 24.5. The molecule has 0 saturated carbocycles. The molecule has 4 nitrogen and oxygen atoms in total. The first-order valence-electron chi connectivity index (χ1n) is 7.58. The van der Waals surface area contributed by atoms with E-state index in [1.807, 2.05) is 5.38 Å². The van der Waals surface area contributed by atoms with Gasteiger partial charge in [-0.05, 0) is 35.2 Å². The largest absolute Gasteiger partial charge is 0.422 e. The standard InChI is InChI=1S/C19H12FNO3S/c20-15-5-2-1-4-12(15)10-16-14-8-7-13(11-17(14)24-21-16)23-19(22)18-6-3-9-25-18/h1-9,11H,10H2. The minimum Gasteiger partial charge on any atom is -0.422 e. The molecule has 25 heavy (non-hydrogen) atoms. The summed E-state index contributed by atoms with van der Waals surface area (Å²) in [7, 11) is 0. The van der Waals surface area contributed by atoms with E-state index in [-0.39, 0.29) is 5.82 Å². The number of nitrogens with zero attached hydrogens (tertiary/aromatic N) is 1. The number of rotatable bonds is 4. The predicted octanol–water partition coefficient (Wildman–Crippen LogP) is 4.84. The van der Waals surface area contributed by atoms with Crippen LogP contribution in [-0.4, -0.2) is 11.1 Å².